The maximum Gasteiger partial charge on any atom is 0.151 e. The summed E-state index contributed by atoms with van der Waals surface area (Å²) >= 11 is 0. The summed E-state index contributed by atoms with van der Waals surface area (Å²) in [5.74, 6) is 0. The zero-order chi connectivity index (χ0) is 5.82. The number of nitrogens with zero attached hydrogens (tertiary/aromatic N) is 1. The summed E-state index contributed by atoms with van der Waals surface area (Å²) in [7, 11) is 0. The Bertz CT molecular complexity index is 171. The Morgan fingerprint density at radius 3 is 3.00 bits per heavy atom. The van der Waals surface area contributed by atoms with Crippen molar-refractivity contribution in [3.05, 3.63) is 30.1 Å². The van der Waals surface area contributed by atoms with E-state index < -0.39 is 0 Å². The van der Waals surface area contributed by atoms with E-state index >= 15 is 0 Å². The van der Waals surface area contributed by atoms with E-state index in [-0.39, 0.29) is 0 Å². The lowest BCUT2D eigenvalue weighted by Gasteiger charge is -1.80. The van der Waals surface area contributed by atoms with E-state index in [1.807, 2.05) is 0 Å². The van der Waals surface area contributed by atoms with Gasteiger partial charge in [-0.2, -0.15) is 0 Å². The molecule has 2 heteroatoms. The van der Waals surface area contributed by atoms with Crippen LogP contribution in [-0.4, -0.2) is 11.3 Å². The van der Waals surface area contributed by atoms with Crippen molar-refractivity contribution in [3.8, 4) is 0 Å². The molecule has 1 heterocycles. The van der Waals surface area contributed by atoms with Crippen LogP contribution in [0.5, 0.6) is 0 Å². The molecule has 0 bridgehead atoms. The Balaban J connectivity index is 2.99. The highest BCUT2D eigenvalue weighted by Gasteiger charge is 1.81. The molecule has 1 aromatic rings. The van der Waals surface area contributed by atoms with Gasteiger partial charge in [0.2, 0.25) is 0 Å². The standard InChI is InChI=1S/C6H4NO/c8-5-6-2-1-3-7-4-6/h2-5H. The number of hydrogen-bond acceptors (Lipinski definition) is 2. The Morgan fingerprint density at radius 1 is 1.75 bits per heavy atom. The van der Waals surface area contributed by atoms with Gasteiger partial charge >= 0.3 is 0 Å². The molecule has 0 amide bonds. The second kappa shape index (κ2) is 2.21. The van der Waals surface area contributed by atoms with Crippen molar-refractivity contribution in [2.45, 2.75) is 0 Å². The second-order valence-corrected chi connectivity index (χ2v) is 1.34. The van der Waals surface area contributed by atoms with Crippen LogP contribution >= 0.6 is 0 Å². The van der Waals surface area contributed by atoms with Crippen molar-refractivity contribution in [1.82, 2.24) is 4.98 Å². The van der Waals surface area contributed by atoms with Gasteiger partial charge in [-0.15, -0.1) is 0 Å². The summed E-state index contributed by atoms with van der Waals surface area (Å²) in [5.41, 5.74) is 0.563. The smallest absolute Gasteiger partial charge is 0.151 e. The van der Waals surface area contributed by atoms with Crippen LogP contribution < -0.4 is 0 Å². The molecule has 1 radical (unpaired) electrons. The van der Waals surface area contributed by atoms with Gasteiger partial charge in [-0.3, -0.25) is 9.78 Å². The predicted molar refractivity (Wildman–Crippen MR) is 28.5 cm³/mol. The third-order valence-electron chi connectivity index (χ3n) is 0.759. The number of carbonyl (C=O) groups is 1. The number of rotatable bonds is 1. The molecule has 0 aromatic carbocycles. The lowest BCUT2D eigenvalue weighted by Crippen LogP contribution is -1.77. The molecule has 39 valence electrons. The number of pyridine rings is 1. The first kappa shape index (κ1) is 4.97. The van der Waals surface area contributed by atoms with Crippen LogP contribution in [0.25, 0.3) is 0 Å². The topological polar surface area (TPSA) is 30.0 Å². The number of carbonyl (C=O) groups excluding carboxylic acids is 1. The zero-order valence-corrected chi connectivity index (χ0v) is 4.16. The average Bonchev–Trinajstić information content (AvgIpc) is 1.90. The summed E-state index contributed by atoms with van der Waals surface area (Å²) in [6.45, 7) is 0. The molecule has 0 spiro atoms. The Kier molecular flexibility index (Phi) is 1.37. The summed E-state index contributed by atoms with van der Waals surface area (Å²) in [4.78, 5) is 13.6. The molecule has 0 aliphatic rings. The Morgan fingerprint density at radius 2 is 2.62 bits per heavy atom. The molecule has 2 nitrogen and oxygen atoms in total. The average molecular weight is 106 g/mol. The summed E-state index contributed by atoms with van der Waals surface area (Å²) in [6.07, 6.45) is 3.74. The summed E-state index contributed by atoms with van der Waals surface area (Å²) in [5, 5.41) is 0. The normalized spacial score (nSPS) is 8.50. The van der Waals surface area contributed by atoms with Crippen molar-refractivity contribution in [1.29, 1.82) is 0 Å². The fraction of sp³-hybridized carbons (Fsp3) is 0. The van der Waals surface area contributed by atoms with Crippen molar-refractivity contribution in [2.24, 2.45) is 0 Å². The van der Waals surface area contributed by atoms with Gasteiger partial charge in [-0.25, -0.2) is 0 Å². The van der Waals surface area contributed by atoms with Crippen molar-refractivity contribution in [2.75, 3.05) is 0 Å². The molecule has 0 saturated carbocycles. The first-order valence-corrected chi connectivity index (χ1v) is 2.20. The molecule has 0 aliphatic carbocycles. The van der Waals surface area contributed by atoms with Gasteiger partial charge in [0.05, 0.1) is 0 Å². The van der Waals surface area contributed by atoms with Gasteiger partial charge in [0.1, 0.15) is 0 Å². The second-order valence-electron chi connectivity index (χ2n) is 1.34. The zero-order valence-electron chi connectivity index (χ0n) is 4.16. The molecule has 1 rings (SSSR count). The van der Waals surface area contributed by atoms with E-state index in [2.05, 4.69) is 11.1 Å². The fourth-order valence-corrected chi connectivity index (χ4v) is 0.402. The van der Waals surface area contributed by atoms with Gasteiger partial charge < -0.3 is 0 Å². The number of aromatic nitrogens is 1. The number of hydrogen-bond donors (Lipinski definition) is 0. The maximum atomic E-state index is 9.95. The van der Waals surface area contributed by atoms with Crippen LogP contribution in [0.1, 0.15) is 10.4 Å². The van der Waals surface area contributed by atoms with E-state index in [1.54, 1.807) is 6.07 Å². The largest absolute Gasteiger partial charge is 0.298 e. The quantitative estimate of drug-likeness (QED) is 0.493. The minimum Gasteiger partial charge on any atom is -0.298 e. The van der Waals surface area contributed by atoms with E-state index in [9.17, 15) is 4.79 Å². The van der Waals surface area contributed by atoms with E-state index in [0.29, 0.717) is 5.56 Å². The van der Waals surface area contributed by atoms with Crippen molar-refractivity contribution < 1.29 is 4.79 Å². The van der Waals surface area contributed by atoms with Crippen molar-refractivity contribution >= 4 is 6.29 Å². The summed E-state index contributed by atoms with van der Waals surface area (Å²) < 4.78 is 0. The molecule has 0 N–H and O–H groups in total. The van der Waals surface area contributed by atoms with E-state index in [0.717, 1.165) is 6.29 Å². The molecule has 0 aliphatic heterocycles. The lowest BCUT2D eigenvalue weighted by molar-refractivity contribution is 0.112. The third-order valence-corrected chi connectivity index (χ3v) is 0.759. The van der Waals surface area contributed by atoms with Crippen LogP contribution in [0, 0.1) is 6.07 Å². The van der Waals surface area contributed by atoms with Gasteiger partial charge in [0.25, 0.3) is 0 Å². The van der Waals surface area contributed by atoms with Gasteiger partial charge in [0, 0.05) is 24.0 Å². The minimum absolute atomic E-state index is 0.563. The molecule has 0 unspecified atom stereocenters. The highest BCUT2D eigenvalue weighted by molar-refractivity contribution is 5.73. The Hall–Kier alpha value is -1.18. The van der Waals surface area contributed by atoms with Crippen LogP contribution in [0.15, 0.2) is 18.5 Å². The van der Waals surface area contributed by atoms with Gasteiger partial charge in [0.15, 0.2) is 6.29 Å². The molecular formula is C6H4NO. The number of aldehydes is 1. The molecule has 0 fully saturated rings. The predicted octanol–water partition coefficient (Wildman–Crippen LogP) is 0.694. The first-order valence-electron chi connectivity index (χ1n) is 2.20. The first-order chi connectivity index (χ1) is 3.93. The monoisotopic (exact) mass is 106 g/mol. The van der Waals surface area contributed by atoms with Gasteiger partial charge in [-0.1, -0.05) is 0 Å². The molecule has 1 aromatic heterocycles. The molecule has 0 atom stereocenters. The fourth-order valence-electron chi connectivity index (χ4n) is 0.402. The maximum absolute atomic E-state index is 9.95. The molecule has 0 saturated heterocycles. The van der Waals surface area contributed by atoms with Crippen LogP contribution in [-0.2, 0) is 0 Å². The van der Waals surface area contributed by atoms with Gasteiger partial charge in [-0.05, 0) is 6.07 Å². The minimum atomic E-state index is 0.563. The van der Waals surface area contributed by atoms with E-state index in [1.165, 1.54) is 12.4 Å². The Labute approximate surface area is 47.2 Å². The highest BCUT2D eigenvalue weighted by atomic mass is 16.1. The molecule has 8 heavy (non-hydrogen) atoms. The van der Waals surface area contributed by atoms with Crippen LogP contribution in [0.4, 0.5) is 0 Å². The van der Waals surface area contributed by atoms with Crippen LogP contribution in [0.2, 0.25) is 0 Å². The highest BCUT2D eigenvalue weighted by Crippen LogP contribution is 1.86. The molecular weight excluding hydrogens is 102 g/mol. The third kappa shape index (κ3) is 0.904. The van der Waals surface area contributed by atoms with E-state index in [4.69, 9.17) is 0 Å². The van der Waals surface area contributed by atoms with Crippen molar-refractivity contribution in [3.63, 3.8) is 0 Å². The lowest BCUT2D eigenvalue weighted by atomic mass is 10.3. The SMILES string of the molecule is O=Cc1c[c]cnc1. The van der Waals surface area contributed by atoms with Crippen LogP contribution in [0.3, 0.4) is 0 Å². The summed E-state index contributed by atoms with van der Waals surface area (Å²) in [6, 6.07) is 4.25.